The number of unbranched alkanes of at least 4 members (excludes halogenated alkanes) is 5. The third-order valence-electron chi connectivity index (χ3n) is 8.93. The van der Waals surface area contributed by atoms with Gasteiger partial charge in [0.2, 0.25) is 5.91 Å². The van der Waals surface area contributed by atoms with Crippen molar-refractivity contribution < 1.29 is 47.7 Å². The van der Waals surface area contributed by atoms with Crippen molar-refractivity contribution in [3.63, 3.8) is 0 Å². The van der Waals surface area contributed by atoms with Crippen LogP contribution in [0.5, 0.6) is 5.75 Å². The molecule has 318 valence electrons. The van der Waals surface area contributed by atoms with Crippen LogP contribution in [0.25, 0.3) is 22.3 Å². The second-order valence-electron chi connectivity index (χ2n) is 16.0. The Morgan fingerprint density at radius 2 is 1.59 bits per heavy atom. The fourth-order valence-corrected chi connectivity index (χ4v) is 6.38. The summed E-state index contributed by atoms with van der Waals surface area (Å²) < 4.78 is 28.4. The molecule has 2 unspecified atom stereocenters. The quantitative estimate of drug-likeness (QED) is 0.0334. The Bertz CT molecular complexity index is 1970. The summed E-state index contributed by atoms with van der Waals surface area (Å²) in [7, 11) is 0. The van der Waals surface area contributed by atoms with Crippen molar-refractivity contribution in [3.05, 3.63) is 57.4 Å². The molecule has 0 spiro atoms. The summed E-state index contributed by atoms with van der Waals surface area (Å²) in [5.74, 6) is -1.45. The molecule has 14 nitrogen and oxygen atoms in total. The highest BCUT2D eigenvalue weighted by Gasteiger charge is 2.30. The number of pyridine rings is 2. The lowest BCUT2D eigenvalue weighted by Crippen LogP contribution is -2.44. The Labute approximate surface area is 341 Å². The summed E-state index contributed by atoms with van der Waals surface area (Å²) in [4.78, 5) is 81.1. The molecule has 3 aromatic rings. The molecule has 2 aromatic heterocycles. The number of carbonyl (C=O) groups is 5. The van der Waals surface area contributed by atoms with Crippen LogP contribution >= 0.6 is 0 Å². The molecule has 0 saturated carbocycles. The first kappa shape index (κ1) is 47.1. The van der Waals surface area contributed by atoms with Crippen LogP contribution < -0.4 is 15.6 Å². The Morgan fingerprint density at radius 1 is 0.914 bits per heavy atom. The van der Waals surface area contributed by atoms with E-state index in [1.54, 1.807) is 72.7 Å². The number of fused-ring (bicyclic) bond motifs is 4. The number of nitrogens with one attached hydrogen (secondary N) is 1. The molecule has 0 bridgehead atoms. The molecule has 1 aromatic carbocycles. The summed E-state index contributed by atoms with van der Waals surface area (Å²) >= 11 is 0. The predicted octanol–water partition coefficient (Wildman–Crippen LogP) is 8.40. The van der Waals surface area contributed by atoms with E-state index in [2.05, 4.69) is 12.2 Å². The number of amides is 1. The van der Waals surface area contributed by atoms with Crippen LogP contribution in [0.4, 0.5) is 4.79 Å². The normalized spacial score (nSPS) is 12.9. The standard InChI is InChI=1S/C42H55N3O11.C2H6/c1-9-10-11-12-13-14-15-33(39(50)55-41(3,4)5)43-35(47)18-19-36(48)53-26(2)30-22-34-37-28(23-45(34)38(49)31(30)24-52-25-46)20-27-21-29(16-17-32(27)44-37)54-40(51)56-42(6,7)8;1-2/h16-17,20-22,25-26,33H,9-15,18-19,23-24H2,1-8H3,(H,43,47);1-2H3. The fraction of sp³-hybridized carbons (Fsp3) is 0.568. The molecule has 0 aliphatic carbocycles. The SMILES string of the molecule is CC.CCCCCCCCC(NC(=O)CCC(=O)OC(C)c1cc2n(c(=O)c1COC=O)Cc1cc3cc(OC(=O)OC(C)(C)C)ccc3nc1-2)C(=O)OC(C)(C)C. The van der Waals surface area contributed by atoms with E-state index < -0.39 is 52.9 Å². The maximum Gasteiger partial charge on any atom is 0.514 e. The van der Waals surface area contributed by atoms with Crippen molar-refractivity contribution in [1.29, 1.82) is 0 Å². The molecule has 0 radical (unpaired) electrons. The first-order valence-electron chi connectivity index (χ1n) is 20.3. The number of benzene rings is 1. The lowest BCUT2D eigenvalue weighted by Gasteiger charge is -2.24. The van der Waals surface area contributed by atoms with Crippen molar-refractivity contribution in [2.45, 2.75) is 164 Å². The minimum Gasteiger partial charge on any atom is -0.463 e. The third kappa shape index (κ3) is 14.0. The van der Waals surface area contributed by atoms with Gasteiger partial charge < -0.3 is 33.6 Å². The maximum absolute atomic E-state index is 13.9. The second-order valence-corrected chi connectivity index (χ2v) is 16.0. The Morgan fingerprint density at radius 3 is 2.24 bits per heavy atom. The van der Waals surface area contributed by atoms with E-state index in [4.69, 9.17) is 28.7 Å². The molecule has 1 N–H and O–H groups in total. The monoisotopic (exact) mass is 807 g/mol. The van der Waals surface area contributed by atoms with Gasteiger partial charge in [-0.3, -0.25) is 19.2 Å². The van der Waals surface area contributed by atoms with Gasteiger partial charge >= 0.3 is 18.1 Å². The lowest BCUT2D eigenvalue weighted by atomic mass is 10.0. The largest absolute Gasteiger partial charge is 0.514 e. The van der Waals surface area contributed by atoms with Crippen LogP contribution in [0.3, 0.4) is 0 Å². The summed E-state index contributed by atoms with van der Waals surface area (Å²) in [6, 6.07) is 7.63. The Hall–Kier alpha value is -5.27. The number of ether oxygens (including phenoxy) is 5. The summed E-state index contributed by atoms with van der Waals surface area (Å²) in [5.41, 5.74) is 0.858. The summed E-state index contributed by atoms with van der Waals surface area (Å²) in [6.07, 6.45) is 4.21. The molecular formula is C44H61N3O11. The van der Waals surface area contributed by atoms with E-state index in [0.29, 0.717) is 34.3 Å². The minimum atomic E-state index is -0.964. The average molecular weight is 808 g/mol. The molecule has 14 heteroatoms. The number of nitrogens with zero attached hydrogens (tertiary/aromatic N) is 2. The van der Waals surface area contributed by atoms with E-state index in [-0.39, 0.29) is 43.8 Å². The van der Waals surface area contributed by atoms with E-state index >= 15 is 0 Å². The van der Waals surface area contributed by atoms with Gasteiger partial charge in [0.15, 0.2) is 0 Å². The number of carbonyl (C=O) groups excluding carboxylic acids is 5. The number of rotatable bonds is 18. The summed E-state index contributed by atoms with van der Waals surface area (Å²) in [6.45, 7) is 18.3. The lowest BCUT2D eigenvalue weighted by molar-refractivity contribution is -0.159. The minimum absolute atomic E-state index is 0.124. The van der Waals surface area contributed by atoms with Crippen LogP contribution in [-0.2, 0) is 51.3 Å². The Kier molecular flexibility index (Phi) is 17.4. The van der Waals surface area contributed by atoms with E-state index in [0.717, 1.165) is 44.1 Å². The summed E-state index contributed by atoms with van der Waals surface area (Å²) in [5, 5.41) is 3.41. The molecule has 2 atom stereocenters. The molecule has 0 saturated heterocycles. The predicted molar refractivity (Wildman–Crippen MR) is 219 cm³/mol. The highest BCUT2D eigenvalue weighted by molar-refractivity contribution is 5.87. The smallest absolute Gasteiger partial charge is 0.463 e. The highest BCUT2D eigenvalue weighted by atomic mass is 16.7. The van der Waals surface area contributed by atoms with E-state index in [1.165, 1.54) is 4.57 Å². The van der Waals surface area contributed by atoms with Gasteiger partial charge in [-0.2, -0.15) is 0 Å². The maximum atomic E-state index is 13.9. The second kappa shape index (κ2) is 21.5. The third-order valence-corrected chi connectivity index (χ3v) is 8.93. The molecule has 1 aliphatic heterocycles. The van der Waals surface area contributed by atoms with Gasteiger partial charge in [-0.1, -0.05) is 59.3 Å². The zero-order valence-electron chi connectivity index (χ0n) is 35.8. The van der Waals surface area contributed by atoms with Crippen LogP contribution in [-0.4, -0.2) is 57.3 Å². The van der Waals surface area contributed by atoms with Gasteiger partial charge in [-0.25, -0.2) is 14.6 Å². The first-order chi connectivity index (χ1) is 27.4. The average Bonchev–Trinajstić information content (AvgIpc) is 3.50. The molecule has 1 amide bonds. The van der Waals surface area contributed by atoms with Crippen LogP contribution in [0, 0.1) is 0 Å². The fourth-order valence-electron chi connectivity index (χ4n) is 6.38. The zero-order valence-corrected chi connectivity index (χ0v) is 35.8. The van der Waals surface area contributed by atoms with Crippen molar-refractivity contribution in [1.82, 2.24) is 14.9 Å². The number of hydrogen-bond acceptors (Lipinski definition) is 12. The zero-order chi connectivity index (χ0) is 43.2. The van der Waals surface area contributed by atoms with Gasteiger partial charge in [-0.15, -0.1) is 0 Å². The molecule has 1 aliphatic rings. The van der Waals surface area contributed by atoms with Crippen molar-refractivity contribution >= 4 is 41.4 Å². The molecule has 0 fully saturated rings. The van der Waals surface area contributed by atoms with Gasteiger partial charge in [0.25, 0.3) is 12.0 Å². The molecule has 4 rings (SSSR count). The number of hydrogen-bond donors (Lipinski definition) is 1. The highest BCUT2D eigenvalue weighted by Crippen LogP contribution is 2.35. The van der Waals surface area contributed by atoms with Crippen molar-refractivity contribution in [3.8, 4) is 17.1 Å². The van der Waals surface area contributed by atoms with Gasteiger partial charge in [0, 0.05) is 22.9 Å². The van der Waals surface area contributed by atoms with E-state index in [9.17, 15) is 28.8 Å². The van der Waals surface area contributed by atoms with Gasteiger partial charge in [0.05, 0.1) is 35.4 Å². The molecule has 3 heterocycles. The molecular weight excluding hydrogens is 746 g/mol. The Balaban J connectivity index is 0.00000443. The molecule has 58 heavy (non-hydrogen) atoms. The van der Waals surface area contributed by atoms with Crippen molar-refractivity contribution in [2.75, 3.05) is 0 Å². The number of aromatic nitrogens is 2. The van der Waals surface area contributed by atoms with Crippen LogP contribution in [0.2, 0.25) is 0 Å². The first-order valence-corrected chi connectivity index (χ1v) is 20.3. The number of esters is 2. The van der Waals surface area contributed by atoms with E-state index in [1.807, 2.05) is 19.9 Å². The van der Waals surface area contributed by atoms with Gasteiger partial charge in [0.1, 0.15) is 35.7 Å². The van der Waals surface area contributed by atoms with Gasteiger partial charge in [-0.05, 0) is 85.2 Å². The van der Waals surface area contributed by atoms with Crippen LogP contribution in [0.15, 0.2) is 35.1 Å². The van der Waals surface area contributed by atoms with Crippen molar-refractivity contribution in [2.24, 2.45) is 0 Å². The van der Waals surface area contributed by atoms with Crippen LogP contribution in [0.1, 0.15) is 150 Å². The topological polar surface area (TPSA) is 178 Å².